The van der Waals surface area contributed by atoms with E-state index in [9.17, 15) is 24.6 Å². The number of ether oxygens (including phenoxy) is 2. The number of hydrogen-bond donors (Lipinski definition) is 2. The van der Waals surface area contributed by atoms with E-state index in [0.717, 1.165) is 0 Å². The van der Waals surface area contributed by atoms with Crippen LogP contribution >= 0.6 is 0 Å². The first-order valence-corrected chi connectivity index (χ1v) is 10.0. The molecule has 1 aromatic rings. The van der Waals surface area contributed by atoms with Crippen LogP contribution in [-0.4, -0.2) is 44.7 Å². The molecule has 0 aromatic heterocycles. The predicted octanol–water partition coefficient (Wildman–Crippen LogP) is 3.12. The molecular formula is C23H32O7. The fourth-order valence-electron chi connectivity index (χ4n) is 3.84. The number of ketones is 1. The highest BCUT2D eigenvalue weighted by molar-refractivity contribution is 6.03. The molecule has 7 nitrogen and oxygen atoms in total. The Bertz CT molecular complexity index is 809. The zero-order valence-corrected chi connectivity index (χ0v) is 18.7. The fourth-order valence-corrected chi connectivity index (χ4v) is 3.84. The fraction of sp³-hybridized carbons (Fsp3) is 0.609. The molecule has 2 rings (SSSR count). The van der Waals surface area contributed by atoms with Crippen LogP contribution in [0.3, 0.4) is 0 Å². The normalized spacial score (nSPS) is 27.5. The van der Waals surface area contributed by atoms with Gasteiger partial charge in [-0.1, -0.05) is 12.1 Å². The number of aromatic hydroxyl groups is 1. The number of hydrogen-bond acceptors (Lipinski definition) is 7. The standard InChI is InChI=1S/C23H32O7/c1-21(2,3)29-19(26)17-15(25)12-23(7,28)18(20(27)30-22(4,5)6)16(17)13-8-10-14(24)11-9-13/h8-11,16-18,24,28H,12H2,1-7H3/t16-,17-,18-,23+/m0/s1. The maximum Gasteiger partial charge on any atom is 0.317 e. The topological polar surface area (TPSA) is 110 Å². The van der Waals surface area contributed by atoms with Crippen molar-refractivity contribution in [2.75, 3.05) is 0 Å². The van der Waals surface area contributed by atoms with Gasteiger partial charge >= 0.3 is 11.9 Å². The Labute approximate surface area is 177 Å². The van der Waals surface area contributed by atoms with E-state index in [-0.39, 0.29) is 12.2 Å². The largest absolute Gasteiger partial charge is 0.508 e. The molecule has 0 amide bonds. The van der Waals surface area contributed by atoms with Gasteiger partial charge in [0.2, 0.25) is 0 Å². The molecule has 0 radical (unpaired) electrons. The van der Waals surface area contributed by atoms with E-state index in [1.54, 1.807) is 41.5 Å². The highest BCUT2D eigenvalue weighted by Crippen LogP contribution is 2.47. The summed E-state index contributed by atoms with van der Waals surface area (Å²) in [5.74, 6) is -5.45. The second-order valence-corrected chi connectivity index (χ2v) is 10.1. The molecule has 0 spiro atoms. The summed E-state index contributed by atoms with van der Waals surface area (Å²) < 4.78 is 11.0. The Morgan fingerprint density at radius 2 is 1.43 bits per heavy atom. The maximum atomic E-state index is 13.1. The number of carbonyl (C=O) groups is 3. The summed E-state index contributed by atoms with van der Waals surface area (Å²) in [6.07, 6.45) is -0.380. The van der Waals surface area contributed by atoms with Crippen LogP contribution in [0.4, 0.5) is 0 Å². The van der Waals surface area contributed by atoms with Crippen LogP contribution in [-0.2, 0) is 23.9 Å². The Kier molecular flexibility index (Phi) is 6.38. The molecule has 0 saturated heterocycles. The molecule has 0 aliphatic heterocycles. The lowest BCUT2D eigenvalue weighted by Crippen LogP contribution is -2.56. The Morgan fingerprint density at radius 3 is 1.90 bits per heavy atom. The van der Waals surface area contributed by atoms with Crippen molar-refractivity contribution >= 4 is 17.7 Å². The predicted molar refractivity (Wildman–Crippen MR) is 110 cm³/mol. The van der Waals surface area contributed by atoms with Crippen molar-refractivity contribution in [3.63, 3.8) is 0 Å². The molecule has 2 N–H and O–H groups in total. The molecule has 30 heavy (non-hydrogen) atoms. The number of esters is 2. The molecule has 0 bridgehead atoms. The zero-order chi connectivity index (χ0) is 23.1. The van der Waals surface area contributed by atoms with Gasteiger partial charge in [-0.2, -0.15) is 0 Å². The Hall–Kier alpha value is -2.41. The Balaban J connectivity index is 2.62. The molecule has 0 unspecified atom stereocenters. The minimum absolute atomic E-state index is 0.00437. The van der Waals surface area contributed by atoms with E-state index in [0.29, 0.717) is 5.56 Å². The third-order valence-corrected chi connectivity index (χ3v) is 4.87. The minimum atomic E-state index is -1.72. The SMILES string of the molecule is CC(C)(C)OC(=O)[C@H]1C(=O)C[C@@](C)(O)[C@H](C(=O)OC(C)(C)C)[C@H]1c1ccc(O)cc1. The van der Waals surface area contributed by atoms with E-state index in [1.165, 1.54) is 31.2 Å². The smallest absolute Gasteiger partial charge is 0.317 e. The van der Waals surface area contributed by atoms with Crippen LogP contribution in [0.1, 0.15) is 66.4 Å². The van der Waals surface area contributed by atoms with Gasteiger partial charge in [-0.05, 0) is 66.2 Å². The maximum absolute atomic E-state index is 13.1. The van der Waals surface area contributed by atoms with Crippen LogP contribution in [0.5, 0.6) is 5.75 Å². The van der Waals surface area contributed by atoms with Crippen molar-refractivity contribution in [1.29, 1.82) is 0 Å². The second-order valence-electron chi connectivity index (χ2n) is 10.1. The van der Waals surface area contributed by atoms with E-state index >= 15 is 0 Å². The highest BCUT2D eigenvalue weighted by atomic mass is 16.6. The van der Waals surface area contributed by atoms with Gasteiger partial charge in [-0.25, -0.2) is 0 Å². The summed E-state index contributed by atoms with van der Waals surface area (Å²) in [6.45, 7) is 11.6. The van der Waals surface area contributed by atoms with Crippen LogP contribution in [0.25, 0.3) is 0 Å². The summed E-state index contributed by atoms with van der Waals surface area (Å²) >= 11 is 0. The van der Waals surface area contributed by atoms with Crippen LogP contribution in [0.2, 0.25) is 0 Å². The van der Waals surface area contributed by atoms with Gasteiger partial charge in [0.25, 0.3) is 0 Å². The first-order chi connectivity index (χ1) is 13.5. The molecule has 7 heteroatoms. The van der Waals surface area contributed by atoms with Gasteiger partial charge in [0.1, 0.15) is 22.9 Å². The molecule has 1 aliphatic rings. The molecule has 1 saturated carbocycles. The van der Waals surface area contributed by atoms with E-state index in [1.807, 2.05) is 0 Å². The molecule has 166 valence electrons. The first-order valence-electron chi connectivity index (χ1n) is 10.0. The first kappa shape index (κ1) is 23.9. The second kappa shape index (κ2) is 8.02. The summed E-state index contributed by atoms with van der Waals surface area (Å²) in [4.78, 5) is 39.1. The molecular weight excluding hydrogens is 388 g/mol. The monoisotopic (exact) mass is 420 g/mol. The van der Waals surface area contributed by atoms with E-state index < -0.39 is 52.3 Å². The average Bonchev–Trinajstić information content (AvgIpc) is 2.50. The molecule has 1 aromatic carbocycles. The van der Waals surface area contributed by atoms with Crippen molar-refractivity contribution < 1.29 is 34.1 Å². The third kappa shape index (κ3) is 5.59. The molecule has 1 fully saturated rings. The van der Waals surface area contributed by atoms with E-state index in [4.69, 9.17) is 9.47 Å². The summed E-state index contributed by atoms with van der Waals surface area (Å²) in [5, 5.41) is 20.7. The average molecular weight is 421 g/mol. The van der Waals surface area contributed by atoms with Crippen molar-refractivity contribution in [2.24, 2.45) is 11.8 Å². The minimum Gasteiger partial charge on any atom is -0.508 e. The van der Waals surface area contributed by atoms with Crippen molar-refractivity contribution in [3.05, 3.63) is 29.8 Å². The van der Waals surface area contributed by atoms with Crippen LogP contribution in [0.15, 0.2) is 24.3 Å². The van der Waals surface area contributed by atoms with Gasteiger partial charge in [-0.15, -0.1) is 0 Å². The summed E-state index contributed by atoms with van der Waals surface area (Å²) in [6, 6.07) is 5.87. The summed E-state index contributed by atoms with van der Waals surface area (Å²) in [5.41, 5.74) is -2.93. The van der Waals surface area contributed by atoms with Crippen molar-refractivity contribution in [2.45, 2.75) is 77.6 Å². The molecule has 0 heterocycles. The number of benzene rings is 1. The zero-order valence-electron chi connectivity index (χ0n) is 18.7. The van der Waals surface area contributed by atoms with Gasteiger partial charge in [-0.3, -0.25) is 14.4 Å². The number of phenols is 1. The molecule has 1 aliphatic carbocycles. The number of phenolic OH excluding ortho intramolecular Hbond substituents is 1. The number of Topliss-reactive ketones (excluding diaryl/α,β-unsaturated/α-hetero) is 1. The number of rotatable bonds is 3. The quantitative estimate of drug-likeness (QED) is 0.571. The lowest BCUT2D eigenvalue weighted by molar-refractivity contribution is -0.182. The third-order valence-electron chi connectivity index (χ3n) is 4.87. The number of carbonyl (C=O) groups excluding carboxylic acids is 3. The van der Waals surface area contributed by atoms with Crippen molar-refractivity contribution in [1.82, 2.24) is 0 Å². The van der Waals surface area contributed by atoms with E-state index in [2.05, 4.69) is 0 Å². The lowest BCUT2D eigenvalue weighted by Gasteiger charge is -2.44. The summed E-state index contributed by atoms with van der Waals surface area (Å²) in [7, 11) is 0. The van der Waals surface area contributed by atoms with Gasteiger partial charge in [0, 0.05) is 12.3 Å². The van der Waals surface area contributed by atoms with Gasteiger partial charge in [0.05, 0.1) is 11.5 Å². The number of aliphatic hydroxyl groups is 1. The van der Waals surface area contributed by atoms with Gasteiger partial charge < -0.3 is 19.7 Å². The van der Waals surface area contributed by atoms with Crippen LogP contribution < -0.4 is 0 Å². The lowest BCUT2D eigenvalue weighted by atomic mass is 9.61. The Morgan fingerprint density at radius 1 is 0.967 bits per heavy atom. The van der Waals surface area contributed by atoms with Crippen LogP contribution in [0, 0.1) is 11.8 Å². The highest BCUT2D eigenvalue weighted by Gasteiger charge is 2.57. The van der Waals surface area contributed by atoms with Crippen molar-refractivity contribution in [3.8, 4) is 5.75 Å². The molecule has 4 atom stereocenters. The van der Waals surface area contributed by atoms with Gasteiger partial charge in [0.15, 0.2) is 5.78 Å².